The van der Waals surface area contributed by atoms with Crippen molar-refractivity contribution in [3.8, 4) is 0 Å². The molecule has 3 heterocycles. The molecule has 130 valence electrons. The van der Waals surface area contributed by atoms with E-state index >= 15 is 0 Å². The predicted molar refractivity (Wildman–Crippen MR) is 91.6 cm³/mol. The van der Waals surface area contributed by atoms with Gasteiger partial charge in [0.15, 0.2) is 0 Å². The smallest absolute Gasteiger partial charge is 0.0747 e. The molecule has 1 aliphatic rings. The number of likely N-dealkylation sites (tertiary alicyclic amines) is 1. The van der Waals surface area contributed by atoms with Crippen molar-refractivity contribution in [1.82, 2.24) is 19.7 Å². The molecule has 3 rings (SSSR count). The molecule has 2 aromatic rings. The van der Waals surface area contributed by atoms with Gasteiger partial charge in [0.05, 0.1) is 31.2 Å². The fraction of sp³-hybridized carbons (Fsp3) is 0.556. The van der Waals surface area contributed by atoms with Gasteiger partial charge in [-0.05, 0) is 30.5 Å². The number of hydrogen-bond acceptors (Lipinski definition) is 5. The lowest BCUT2D eigenvalue weighted by atomic mass is 10.0. The van der Waals surface area contributed by atoms with Crippen molar-refractivity contribution >= 4 is 0 Å². The van der Waals surface area contributed by atoms with Crippen LogP contribution in [0, 0.1) is 0 Å². The molecule has 0 aliphatic carbocycles. The zero-order valence-electron chi connectivity index (χ0n) is 14.5. The number of aromatic nitrogens is 3. The van der Waals surface area contributed by atoms with Gasteiger partial charge in [0.1, 0.15) is 0 Å². The molecule has 6 heteroatoms. The van der Waals surface area contributed by atoms with Crippen LogP contribution in [0.3, 0.4) is 0 Å². The Hall–Kier alpha value is -1.76. The van der Waals surface area contributed by atoms with Crippen LogP contribution in [0.25, 0.3) is 0 Å². The van der Waals surface area contributed by atoms with E-state index in [9.17, 15) is 0 Å². The van der Waals surface area contributed by atoms with E-state index in [0.717, 1.165) is 31.6 Å². The summed E-state index contributed by atoms with van der Waals surface area (Å²) in [6.07, 6.45) is 8.10. The fourth-order valence-corrected chi connectivity index (χ4v) is 3.34. The Bertz CT molecular complexity index is 616. The quantitative estimate of drug-likeness (QED) is 0.689. The summed E-state index contributed by atoms with van der Waals surface area (Å²) in [7, 11) is 3.66. The van der Waals surface area contributed by atoms with Gasteiger partial charge in [-0.2, -0.15) is 5.10 Å². The third kappa shape index (κ3) is 4.41. The van der Waals surface area contributed by atoms with Gasteiger partial charge in [0.25, 0.3) is 0 Å². The summed E-state index contributed by atoms with van der Waals surface area (Å²) >= 11 is 0. The number of nitrogens with zero attached hydrogens (tertiary/aromatic N) is 4. The van der Waals surface area contributed by atoms with Crippen molar-refractivity contribution in [2.45, 2.75) is 31.5 Å². The number of methoxy groups -OCH3 is 1. The largest absolute Gasteiger partial charge is 0.382 e. The summed E-state index contributed by atoms with van der Waals surface area (Å²) in [6.45, 7) is 3.16. The van der Waals surface area contributed by atoms with Crippen LogP contribution in [0.15, 0.2) is 36.8 Å². The highest BCUT2D eigenvalue weighted by atomic mass is 16.5. The molecule has 1 saturated heterocycles. The molecule has 0 N–H and O–H groups in total. The zero-order chi connectivity index (χ0) is 16.8. The summed E-state index contributed by atoms with van der Waals surface area (Å²) < 4.78 is 13.1. The first kappa shape index (κ1) is 17.1. The maximum atomic E-state index is 6.09. The fourth-order valence-electron chi connectivity index (χ4n) is 3.34. The molecular formula is C18H26N4O2. The monoisotopic (exact) mass is 330 g/mol. The zero-order valence-corrected chi connectivity index (χ0v) is 14.5. The van der Waals surface area contributed by atoms with Gasteiger partial charge in [0.2, 0.25) is 0 Å². The number of ether oxygens (including phenoxy) is 2. The molecule has 1 aliphatic heterocycles. The van der Waals surface area contributed by atoms with E-state index in [-0.39, 0.29) is 6.10 Å². The van der Waals surface area contributed by atoms with Gasteiger partial charge in [-0.3, -0.25) is 14.6 Å². The molecule has 6 nitrogen and oxygen atoms in total. The van der Waals surface area contributed by atoms with E-state index in [4.69, 9.17) is 9.47 Å². The van der Waals surface area contributed by atoms with E-state index in [1.807, 2.05) is 36.3 Å². The second kappa shape index (κ2) is 8.37. The molecule has 0 spiro atoms. The van der Waals surface area contributed by atoms with E-state index < -0.39 is 0 Å². The van der Waals surface area contributed by atoms with Crippen LogP contribution in [-0.4, -0.2) is 58.7 Å². The Kier molecular flexibility index (Phi) is 5.96. The minimum atomic E-state index is 0.226. The highest BCUT2D eigenvalue weighted by molar-refractivity contribution is 5.10. The summed E-state index contributed by atoms with van der Waals surface area (Å²) in [5, 5.41) is 4.29. The Labute approximate surface area is 143 Å². The second-order valence-electron chi connectivity index (χ2n) is 6.28. The van der Waals surface area contributed by atoms with Gasteiger partial charge < -0.3 is 9.47 Å². The van der Waals surface area contributed by atoms with Crippen LogP contribution in [0.4, 0.5) is 0 Å². The van der Waals surface area contributed by atoms with Gasteiger partial charge in [0, 0.05) is 45.7 Å². The van der Waals surface area contributed by atoms with E-state index in [2.05, 4.69) is 27.2 Å². The van der Waals surface area contributed by atoms with Crippen LogP contribution in [-0.2, 0) is 29.5 Å². The standard InChI is InChI=1S/C18H26N4O2/c1-21-13-15(12-20-21)11-17-18(24-10-9-23-2)6-8-22(17)14-16-5-3-4-7-19-16/h3-5,7,12-13,17-18H,6,8-11,14H2,1-2H3/t17-,18-/m1/s1. The lowest BCUT2D eigenvalue weighted by Gasteiger charge is -2.27. The van der Waals surface area contributed by atoms with Crippen molar-refractivity contribution in [2.75, 3.05) is 26.9 Å². The Morgan fingerprint density at radius 2 is 2.21 bits per heavy atom. The Morgan fingerprint density at radius 3 is 2.92 bits per heavy atom. The third-order valence-electron chi connectivity index (χ3n) is 4.51. The average Bonchev–Trinajstić information content (AvgIpc) is 3.17. The molecule has 24 heavy (non-hydrogen) atoms. The molecule has 0 unspecified atom stereocenters. The summed E-state index contributed by atoms with van der Waals surface area (Å²) in [5.74, 6) is 0. The van der Waals surface area contributed by atoms with Gasteiger partial charge in [-0.15, -0.1) is 0 Å². The molecule has 1 fully saturated rings. The molecule has 0 aromatic carbocycles. The second-order valence-corrected chi connectivity index (χ2v) is 6.28. The highest BCUT2D eigenvalue weighted by Crippen LogP contribution is 2.25. The number of rotatable bonds is 8. The first-order chi connectivity index (χ1) is 11.8. The van der Waals surface area contributed by atoms with Crippen molar-refractivity contribution in [3.05, 3.63) is 48.0 Å². The lowest BCUT2D eigenvalue weighted by Crippen LogP contribution is -2.38. The summed E-state index contributed by atoms with van der Waals surface area (Å²) in [4.78, 5) is 6.95. The topological polar surface area (TPSA) is 52.4 Å². The number of pyridine rings is 1. The van der Waals surface area contributed by atoms with Gasteiger partial charge in [-0.1, -0.05) is 6.07 Å². The minimum absolute atomic E-state index is 0.226. The minimum Gasteiger partial charge on any atom is -0.382 e. The SMILES string of the molecule is COCCO[C@@H]1CCN(Cc2ccccn2)[C@@H]1Cc1cnn(C)c1. The summed E-state index contributed by atoms with van der Waals surface area (Å²) in [5.41, 5.74) is 2.35. The van der Waals surface area contributed by atoms with E-state index in [1.165, 1.54) is 5.56 Å². The lowest BCUT2D eigenvalue weighted by molar-refractivity contribution is -0.00142. The van der Waals surface area contributed by atoms with Crippen LogP contribution in [0.5, 0.6) is 0 Å². The molecule has 2 atom stereocenters. The molecule has 0 radical (unpaired) electrons. The van der Waals surface area contributed by atoms with Gasteiger partial charge in [-0.25, -0.2) is 0 Å². The van der Waals surface area contributed by atoms with Crippen molar-refractivity contribution in [3.63, 3.8) is 0 Å². The molecule has 0 saturated carbocycles. The molecule has 0 bridgehead atoms. The number of aryl methyl sites for hydroxylation is 1. The maximum Gasteiger partial charge on any atom is 0.0747 e. The van der Waals surface area contributed by atoms with Gasteiger partial charge >= 0.3 is 0 Å². The predicted octanol–water partition coefficient (Wildman–Crippen LogP) is 1.66. The first-order valence-electron chi connectivity index (χ1n) is 8.48. The van der Waals surface area contributed by atoms with E-state index in [0.29, 0.717) is 19.3 Å². The number of hydrogen-bond donors (Lipinski definition) is 0. The Morgan fingerprint density at radius 1 is 1.29 bits per heavy atom. The normalized spacial score (nSPS) is 21.4. The van der Waals surface area contributed by atoms with E-state index in [1.54, 1.807) is 7.11 Å². The Balaban J connectivity index is 1.68. The summed E-state index contributed by atoms with van der Waals surface area (Å²) in [6, 6.07) is 6.42. The maximum absolute atomic E-state index is 6.09. The highest BCUT2D eigenvalue weighted by Gasteiger charge is 2.35. The average molecular weight is 330 g/mol. The molecule has 0 amide bonds. The molecule has 2 aromatic heterocycles. The molecular weight excluding hydrogens is 304 g/mol. The van der Waals surface area contributed by atoms with Crippen LogP contribution in [0.2, 0.25) is 0 Å². The van der Waals surface area contributed by atoms with Crippen molar-refractivity contribution in [2.24, 2.45) is 7.05 Å². The van der Waals surface area contributed by atoms with Crippen molar-refractivity contribution in [1.29, 1.82) is 0 Å². The first-order valence-corrected chi connectivity index (χ1v) is 8.48. The van der Waals surface area contributed by atoms with Crippen molar-refractivity contribution < 1.29 is 9.47 Å². The third-order valence-corrected chi connectivity index (χ3v) is 4.51. The van der Waals surface area contributed by atoms with Crippen LogP contribution >= 0.6 is 0 Å². The van der Waals surface area contributed by atoms with Crippen LogP contribution < -0.4 is 0 Å². The van der Waals surface area contributed by atoms with Crippen LogP contribution in [0.1, 0.15) is 17.7 Å².